The lowest BCUT2D eigenvalue weighted by Gasteiger charge is -2.53. The molecule has 2 saturated heterocycles. The molecule has 2 aromatic rings. The Kier molecular flexibility index (Phi) is 17.2. The number of aromatic nitrogens is 3. The second kappa shape index (κ2) is 21.0. The number of ether oxygens (including phenoxy) is 3. The van der Waals surface area contributed by atoms with E-state index in [0.717, 1.165) is 52.0 Å². The number of nitrogens with zero attached hydrogens (tertiary/aromatic N) is 7. The lowest BCUT2D eigenvalue weighted by atomic mass is 9.76. The summed E-state index contributed by atoms with van der Waals surface area (Å²) in [6.45, 7) is 17.0. The lowest BCUT2D eigenvalue weighted by molar-refractivity contribution is -0.134. The zero-order valence-corrected chi connectivity index (χ0v) is 32.9. The number of anilines is 1. The largest absolute Gasteiger partial charge is 0.478 e. The van der Waals surface area contributed by atoms with Crippen LogP contribution in [0, 0.1) is 17.2 Å². The zero-order chi connectivity index (χ0) is 40.0. The molecule has 300 valence electrons. The highest BCUT2D eigenvalue weighted by Crippen LogP contribution is 2.44. The maximum Gasteiger partial charge on any atom is 0.328 e. The van der Waals surface area contributed by atoms with Crippen LogP contribution in [0.15, 0.2) is 36.7 Å². The average Bonchev–Trinajstić information content (AvgIpc) is 3.55. The van der Waals surface area contributed by atoms with Crippen molar-refractivity contribution in [1.82, 2.24) is 29.9 Å². The predicted octanol–water partition coefficient (Wildman–Crippen LogP) is 4.30. The number of carbonyl (C=O) groups excluding carboxylic acids is 1. The van der Waals surface area contributed by atoms with Gasteiger partial charge in [0.05, 0.1) is 24.8 Å². The minimum Gasteiger partial charge on any atom is -0.478 e. The molecule has 4 rings (SSSR count). The number of carboxylic acid groups (broad SMARTS) is 2. The molecule has 2 aliphatic rings. The van der Waals surface area contributed by atoms with Gasteiger partial charge in [0.15, 0.2) is 5.82 Å². The minimum atomic E-state index is -1.26. The third-order valence-electron chi connectivity index (χ3n) is 9.95. The summed E-state index contributed by atoms with van der Waals surface area (Å²) in [5.41, 5.74) is 0.336. The molecule has 1 atom stereocenters. The molecule has 2 fully saturated rings. The molecule has 1 aromatic heterocycles. The maximum atomic E-state index is 14.3. The number of rotatable bonds is 19. The molecule has 1 spiro atoms. The number of benzene rings is 1. The normalized spacial score (nSPS) is 15.9. The summed E-state index contributed by atoms with van der Waals surface area (Å²) in [7, 11) is 5.63. The highest BCUT2D eigenvalue weighted by Gasteiger charge is 2.50. The van der Waals surface area contributed by atoms with Crippen LogP contribution in [-0.2, 0) is 19.1 Å². The van der Waals surface area contributed by atoms with Gasteiger partial charge in [-0.2, -0.15) is 0 Å². The van der Waals surface area contributed by atoms with E-state index in [1.165, 1.54) is 24.5 Å². The fourth-order valence-electron chi connectivity index (χ4n) is 7.23. The predicted molar refractivity (Wildman–Crippen MR) is 201 cm³/mol. The first kappa shape index (κ1) is 44.1. The molecule has 0 unspecified atom stereocenters. The van der Waals surface area contributed by atoms with E-state index in [4.69, 9.17) is 24.4 Å². The molecule has 0 bridgehead atoms. The molecule has 1 aromatic carbocycles. The van der Waals surface area contributed by atoms with Gasteiger partial charge in [-0.05, 0) is 77.7 Å². The standard InChI is InChI=1S/C34H54FN7O4.C4H4O4/c1-9-42(25(4)5)33(43)28-17-26(35)12-13-30(28)46-32-31(36-23-37-38-32)40-16-14-34(20-40)21-41(22-34)29(24(2)3)11-10-15-39(6)27(18-44-7)19-45-8;5-3(6)1-2-4(7)8/h12-13,17,23-25,27,29H,9-11,14-16,18-22H2,1-8H3;1-2H,(H,5,6)(H,7,8)/b;2-1+/t29-;/m1./s1. The number of amides is 1. The summed E-state index contributed by atoms with van der Waals surface area (Å²) >= 11 is 0. The summed E-state index contributed by atoms with van der Waals surface area (Å²) in [5, 5.41) is 23.9. The second-order valence-electron chi connectivity index (χ2n) is 14.6. The van der Waals surface area contributed by atoms with Crippen molar-refractivity contribution < 1.29 is 43.2 Å². The van der Waals surface area contributed by atoms with Gasteiger partial charge in [-0.15, -0.1) is 10.2 Å². The molecule has 2 N–H and O–H groups in total. The summed E-state index contributed by atoms with van der Waals surface area (Å²) in [5.74, 6) is -1.71. The fourth-order valence-corrected chi connectivity index (χ4v) is 7.23. The first-order valence-electron chi connectivity index (χ1n) is 18.4. The van der Waals surface area contributed by atoms with Gasteiger partial charge in [0.1, 0.15) is 17.9 Å². The summed E-state index contributed by atoms with van der Waals surface area (Å²) < 4.78 is 31.3. The number of aliphatic carboxylic acids is 2. The summed E-state index contributed by atoms with van der Waals surface area (Å²) in [6, 6.07) is 4.73. The van der Waals surface area contributed by atoms with E-state index in [9.17, 15) is 18.8 Å². The Labute approximate surface area is 318 Å². The Morgan fingerprint density at radius 1 is 1.04 bits per heavy atom. The summed E-state index contributed by atoms with van der Waals surface area (Å²) in [4.78, 5) is 45.9. The Balaban J connectivity index is 0.000000879. The van der Waals surface area contributed by atoms with E-state index in [0.29, 0.717) is 49.7 Å². The van der Waals surface area contributed by atoms with Crippen molar-refractivity contribution in [2.75, 3.05) is 78.6 Å². The fraction of sp³-hybridized carbons (Fsp3) is 0.632. The van der Waals surface area contributed by atoms with Crippen molar-refractivity contribution in [3.05, 3.63) is 48.1 Å². The summed E-state index contributed by atoms with van der Waals surface area (Å²) in [6.07, 6.45) is 5.85. The number of carboxylic acids is 2. The maximum absolute atomic E-state index is 14.3. The van der Waals surface area contributed by atoms with Crippen molar-refractivity contribution in [2.24, 2.45) is 11.3 Å². The lowest BCUT2D eigenvalue weighted by Crippen LogP contribution is -2.62. The van der Waals surface area contributed by atoms with Crippen LogP contribution in [0.4, 0.5) is 10.2 Å². The Morgan fingerprint density at radius 3 is 2.24 bits per heavy atom. The quantitative estimate of drug-likeness (QED) is 0.194. The van der Waals surface area contributed by atoms with Crippen LogP contribution in [0.2, 0.25) is 0 Å². The number of methoxy groups -OCH3 is 2. The smallest absolute Gasteiger partial charge is 0.328 e. The number of hydrogen-bond donors (Lipinski definition) is 2. The monoisotopic (exact) mass is 759 g/mol. The highest BCUT2D eigenvalue weighted by molar-refractivity contribution is 5.97. The molecule has 1 amide bonds. The number of carbonyl (C=O) groups is 3. The average molecular weight is 760 g/mol. The van der Waals surface area contributed by atoms with E-state index in [1.54, 1.807) is 19.1 Å². The minimum absolute atomic E-state index is 0.0454. The molecule has 0 radical (unpaired) electrons. The third-order valence-corrected chi connectivity index (χ3v) is 9.95. The van der Waals surface area contributed by atoms with Crippen LogP contribution < -0.4 is 9.64 Å². The number of hydrogen-bond acceptors (Lipinski definition) is 12. The second-order valence-corrected chi connectivity index (χ2v) is 14.6. The Morgan fingerprint density at radius 2 is 1.69 bits per heavy atom. The molecule has 3 heterocycles. The van der Waals surface area contributed by atoms with Crippen LogP contribution in [0.5, 0.6) is 11.6 Å². The van der Waals surface area contributed by atoms with Crippen molar-refractivity contribution in [1.29, 1.82) is 0 Å². The molecular formula is C38H58FN7O8. The molecule has 0 saturated carbocycles. The Hall–Kier alpha value is -4.25. The van der Waals surface area contributed by atoms with Crippen LogP contribution in [0.25, 0.3) is 0 Å². The van der Waals surface area contributed by atoms with Crippen LogP contribution in [0.1, 0.15) is 64.2 Å². The first-order chi connectivity index (χ1) is 25.6. The molecule has 15 nitrogen and oxygen atoms in total. The van der Waals surface area contributed by atoms with Crippen molar-refractivity contribution in [3.63, 3.8) is 0 Å². The first-order valence-corrected chi connectivity index (χ1v) is 18.4. The van der Waals surface area contributed by atoms with Gasteiger partial charge in [-0.3, -0.25) is 14.6 Å². The van der Waals surface area contributed by atoms with Crippen molar-refractivity contribution in [2.45, 2.75) is 72.0 Å². The molecule has 0 aliphatic carbocycles. The zero-order valence-electron chi connectivity index (χ0n) is 32.9. The number of likely N-dealkylation sites (N-methyl/N-ethyl adjacent to an activating group) is 1. The van der Waals surface area contributed by atoms with Gasteiger partial charge in [-0.1, -0.05) is 13.8 Å². The highest BCUT2D eigenvalue weighted by atomic mass is 19.1. The van der Waals surface area contributed by atoms with Gasteiger partial charge in [-0.25, -0.2) is 19.0 Å². The van der Waals surface area contributed by atoms with E-state index in [2.05, 4.69) is 50.8 Å². The van der Waals surface area contributed by atoms with Gasteiger partial charge in [0, 0.05) is 76.6 Å². The van der Waals surface area contributed by atoms with E-state index in [-0.39, 0.29) is 40.6 Å². The topological polar surface area (TPSA) is 171 Å². The van der Waals surface area contributed by atoms with Gasteiger partial charge in [0.25, 0.3) is 11.8 Å². The van der Waals surface area contributed by atoms with Crippen LogP contribution in [-0.4, -0.2) is 150 Å². The van der Waals surface area contributed by atoms with Crippen LogP contribution in [0.3, 0.4) is 0 Å². The Bertz CT molecular complexity index is 1530. The number of likely N-dealkylation sites (tertiary alicyclic amines) is 1. The van der Waals surface area contributed by atoms with Crippen LogP contribution >= 0.6 is 0 Å². The third kappa shape index (κ3) is 12.4. The van der Waals surface area contributed by atoms with E-state index < -0.39 is 17.8 Å². The van der Waals surface area contributed by atoms with Crippen molar-refractivity contribution in [3.8, 4) is 11.6 Å². The molecule has 16 heteroatoms. The van der Waals surface area contributed by atoms with Gasteiger partial charge < -0.3 is 34.2 Å². The van der Waals surface area contributed by atoms with Gasteiger partial charge >= 0.3 is 11.9 Å². The molecular weight excluding hydrogens is 701 g/mol. The van der Waals surface area contributed by atoms with E-state index in [1.807, 2.05) is 20.8 Å². The SMILES string of the molecule is CCN(C(=O)c1cc(F)ccc1Oc1nncnc1N1CCC2(C1)CN([C@H](CCCN(C)C(COC)COC)C(C)C)C2)C(C)C.O=C(O)/C=C/C(=O)O. The number of halogens is 1. The van der Waals surface area contributed by atoms with Crippen molar-refractivity contribution >= 4 is 23.7 Å². The molecule has 2 aliphatic heterocycles. The van der Waals surface area contributed by atoms with Gasteiger partial charge in [0.2, 0.25) is 0 Å². The molecule has 54 heavy (non-hydrogen) atoms. The van der Waals surface area contributed by atoms with E-state index >= 15 is 0 Å².